The van der Waals surface area contributed by atoms with Crippen LogP contribution in [0.3, 0.4) is 0 Å². The normalized spacial score (nSPS) is 26.1. The average Bonchev–Trinajstić information content (AvgIpc) is 3.11. The van der Waals surface area contributed by atoms with Crippen LogP contribution in [0.4, 0.5) is 0 Å². The van der Waals surface area contributed by atoms with E-state index in [0.717, 1.165) is 19.3 Å². The molecular weight excluding hydrogens is 500 g/mol. The van der Waals surface area contributed by atoms with Crippen molar-refractivity contribution in [1.82, 2.24) is 4.90 Å². The Morgan fingerprint density at radius 3 is 2.31 bits per heavy atom. The highest BCUT2D eigenvalue weighted by Crippen LogP contribution is 2.42. The topological polar surface area (TPSA) is 137 Å². The second-order valence-electron chi connectivity index (χ2n) is 11.0. The summed E-state index contributed by atoms with van der Waals surface area (Å²) in [5.41, 5.74) is 5.60. The van der Waals surface area contributed by atoms with E-state index in [1.807, 2.05) is 20.8 Å². The van der Waals surface area contributed by atoms with Gasteiger partial charge in [0.25, 0.3) is 0 Å². The third-order valence-corrected chi connectivity index (χ3v) is 7.47. The maximum atomic E-state index is 12.6. The fourth-order valence-corrected chi connectivity index (χ4v) is 4.86. The van der Waals surface area contributed by atoms with E-state index in [9.17, 15) is 9.59 Å². The molecule has 0 spiro atoms. The number of nitrogens with one attached hydrogen (secondary N) is 1. The first-order valence-electron chi connectivity index (χ1n) is 13.6. The van der Waals surface area contributed by atoms with Crippen LogP contribution in [0.5, 0.6) is 0 Å². The van der Waals surface area contributed by atoms with Gasteiger partial charge >= 0.3 is 5.97 Å². The number of Topliss-reactive ketones (excluding diaryl/α,β-unsaturated/α-hetero) is 1. The van der Waals surface area contributed by atoms with Crippen molar-refractivity contribution < 1.29 is 28.5 Å². The summed E-state index contributed by atoms with van der Waals surface area (Å²) < 4.78 is 23.5. The van der Waals surface area contributed by atoms with Gasteiger partial charge in [-0.3, -0.25) is 20.2 Å². The van der Waals surface area contributed by atoms with E-state index in [1.165, 1.54) is 31.5 Å². The Kier molecular flexibility index (Phi) is 13.2. The predicted molar refractivity (Wildman–Crippen MR) is 153 cm³/mol. The third kappa shape index (κ3) is 8.30. The second-order valence-corrected chi connectivity index (χ2v) is 11.0. The highest BCUT2D eigenvalue weighted by molar-refractivity contribution is 6.04. The molecular formula is C29H50N4O6. The van der Waals surface area contributed by atoms with Crippen LogP contribution >= 0.6 is 0 Å². The Morgan fingerprint density at radius 1 is 1.21 bits per heavy atom. The minimum absolute atomic E-state index is 0.107. The van der Waals surface area contributed by atoms with Gasteiger partial charge in [-0.1, -0.05) is 53.7 Å². The van der Waals surface area contributed by atoms with Gasteiger partial charge in [-0.05, 0) is 26.7 Å². The summed E-state index contributed by atoms with van der Waals surface area (Å²) in [6.07, 6.45) is 4.94. The van der Waals surface area contributed by atoms with Crippen LogP contribution in [0.25, 0.3) is 0 Å². The zero-order valence-corrected chi connectivity index (χ0v) is 25.2. The Morgan fingerprint density at radius 2 is 1.82 bits per heavy atom. The molecule has 39 heavy (non-hydrogen) atoms. The quantitative estimate of drug-likeness (QED) is 0.116. The average molecular weight is 551 g/mol. The molecule has 1 rings (SSSR count). The Balaban J connectivity index is 3.04. The number of hydrogen-bond donors (Lipinski definition) is 2. The zero-order chi connectivity index (χ0) is 30.0. The molecule has 1 saturated heterocycles. The number of unbranched alkanes of at least 4 members (excludes halogenated alkanes) is 1. The summed E-state index contributed by atoms with van der Waals surface area (Å²) in [5, 5.41) is 8.13. The largest absolute Gasteiger partial charge is 0.462 e. The molecule has 10 heteroatoms. The van der Waals surface area contributed by atoms with Gasteiger partial charge < -0.3 is 24.4 Å². The molecule has 1 aliphatic heterocycles. The number of nitrogens with zero attached hydrogens (tertiary/aromatic N) is 2. The van der Waals surface area contributed by atoms with Crippen LogP contribution in [0.1, 0.15) is 80.1 Å². The van der Waals surface area contributed by atoms with Crippen LogP contribution in [0.15, 0.2) is 30.6 Å². The number of ether oxygens (including phenoxy) is 4. The number of methoxy groups -OCH3 is 2. The number of hydrogen-bond acceptors (Lipinski definition) is 9. The van der Waals surface area contributed by atoms with Crippen molar-refractivity contribution in [2.45, 2.75) is 104 Å². The van der Waals surface area contributed by atoms with Gasteiger partial charge in [-0.2, -0.15) is 0 Å². The molecule has 0 bridgehead atoms. The van der Waals surface area contributed by atoms with E-state index in [1.54, 1.807) is 13.8 Å². The number of amidine groups is 1. The van der Waals surface area contributed by atoms with E-state index >= 15 is 0 Å². The van der Waals surface area contributed by atoms with Crippen LogP contribution in [0, 0.1) is 16.7 Å². The summed E-state index contributed by atoms with van der Waals surface area (Å²) in [4.78, 5) is 31.1. The van der Waals surface area contributed by atoms with Crippen molar-refractivity contribution in [3.63, 3.8) is 0 Å². The van der Waals surface area contributed by atoms with Gasteiger partial charge in [0.2, 0.25) is 5.85 Å². The van der Waals surface area contributed by atoms with E-state index in [0.29, 0.717) is 24.4 Å². The van der Waals surface area contributed by atoms with Crippen LogP contribution < -0.4 is 5.73 Å². The fraction of sp³-hybridized carbons (Fsp3) is 0.724. The number of carbonyl (C=O) groups is 2. The Hall–Kier alpha value is -2.40. The molecule has 10 nitrogen and oxygen atoms in total. The first-order valence-corrected chi connectivity index (χ1v) is 13.6. The summed E-state index contributed by atoms with van der Waals surface area (Å²) in [6.45, 7) is 18.6. The van der Waals surface area contributed by atoms with Crippen LogP contribution in [-0.2, 0) is 28.5 Å². The molecule has 1 aliphatic rings. The number of aliphatic imine (C=N–C) groups is 1. The Labute approximate surface area is 234 Å². The molecule has 0 aromatic rings. The highest BCUT2D eigenvalue weighted by Gasteiger charge is 2.64. The molecule has 0 amide bonds. The summed E-state index contributed by atoms with van der Waals surface area (Å²) in [7, 11) is 2.98. The molecule has 0 saturated carbocycles. The molecule has 222 valence electrons. The lowest BCUT2D eigenvalue weighted by Crippen LogP contribution is -2.65. The summed E-state index contributed by atoms with van der Waals surface area (Å²) >= 11 is 0. The summed E-state index contributed by atoms with van der Waals surface area (Å²) in [6, 6.07) is 0. The van der Waals surface area contributed by atoms with Crippen molar-refractivity contribution in [2.24, 2.45) is 22.1 Å². The standard InChI is InChI=1S/C29H50N4O6/c1-11-14-18-27(6,7)22(34)16-15-17-23(35)38-19-28(8)24(36-9)25(37-10)29(31,39-28)33(13-3)26(32-12-2)20(4)21(5)30/h12-13,20,24-25,30H,2-3,11,14-19,31H2,1,4-10H3. The lowest BCUT2D eigenvalue weighted by Gasteiger charge is -2.41. The number of rotatable bonds is 17. The van der Waals surface area contributed by atoms with E-state index in [4.69, 9.17) is 30.1 Å². The number of esters is 1. The van der Waals surface area contributed by atoms with Gasteiger partial charge in [0, 0.05) is 50.6 Å². The molecule has 0 aliphatic carbocycles. The summed E-state index contributed by atoms with van der Waals surface area (Å²) in [5.74, 6) is -1.98. The van der Waals surface area contributed by atoms with Crippen LogP contribution in [0.2, 0.25) is 0 Å². The van der Waals surface area contributed by atoms with Crippen molar-refractivity contribution in [3.05, 3.63) is 25.6 Å². The third-order valence-electron chi connectivity index (χ3n) is 7.47. The van der Waals surface area contributed by atoms with Crippen LogP contribution in [-0.4, -0.2) is 72.7 Å². The highest BCUT2D eigenvalue weighted by atomic mass is 16.7. The number of ketones is 1. The van der Waals surface area contributed by atoms with Crippen molar-refractivity contribution in [2.75, 3.05) is 20.8 Å². The molecule has 5 atom stereocenters. The second kappa shape index (κ2) is 14.8. The first-order chi connectivity index (χ1) is 18.2. The maximum absolute atomic E-state index is 12.6. The predicted octanol–water partition coefficient (Wildman–Crippen LogP) is 4.58. The zero-order valence-electron chi connectivity index (χ0n) is 25.2. The number of nitrogens with two attached hydrogens (primary N) is 1. The minimum Gasteiger partial charge on any atom is -0.462 e. The lowest BCUT2D eigenvalue weighted by atomic mass is 9.81. The van der Waals surface area contributed by atoms with Gasteiger partial charge in [-0.25, -0.2) is 4.99 Å². The van der Waals surface area contributed by atoms with Crippen molar-refractivity contribution in [1.29, 1.82) is 5.41 Å². The monoisotopic (exact) mass is 550 g/mol. The van der Waals surface area contributed by atoms with Gasteiger partial charge in [-0.15, -0.1) is 0 Å². The maximum Gasteiger partial charge on any atom is 0.305 e. The van der Waals surface area contributed by atoms with E-state index in [2.05, 4.69) is 25.1 Å². The first kappa shape index (κ1) is 34.6. The molecule has 0 radical (unpaired) electrons. The molecule has 0 aromatic heterocycles. The van der Waals surface area contributed by atoms with Crippen molar-refractivity contribution >= 4 is 23.3 Å². The van der Waals surface area contributed by atoms with Gasteiger partial charge in [0.05, 0.1) is 5.92 Å². The van der Waals surface area contributed by atoms with Crippen molar-refractivity contribution in [3.8, 4) is 0 Å². The minimum atomic E-state index is -1.65. The van der Waals surface area contributed by atoms with Gasteiger partial charge in [0.1, 0.15) is 36.0 Å². The SMILES string of the molecule is C=CN=C(C(C)C(C)=N)N(C=C)C1(N)OC(C)(COC(=O)CCCC(=O)C(C)(C)CCCC)C(OC)C1OC. The smallest absolute Gasteiger partial charge is 0.305 e. The Bertz CT molecular complexity index is 919. The fourth-order valence-electron chi connectivity index (χ4n) is 4.86. The molecule has 3 N–H and O–H groups in total. The molecule has 5 unspecified atom stereocenters. The molecule has 1 fully saturated rings. The molecule has 0 aromatic carbocycles. The van der Waals surface area contributed by atoms with Gasteiger partial charge in [0.15, 0.2) is 0 Å². The molecule has 1 heterocycles. The lowest BCUT2D eigenvalue weighted by molar-refractivity contribution is -0.193. The number of carbonyl (C=O) groups excluding carboxylic acids is 2. The van der Waals surface area contributed by atoms with E-state index < -0.39 is 41.0 Å². The van der Waals surface area contributed by atoms with E-state index in [-0.39, 0.29) is 18.8 Å².